The largest absolute Gasteiger partial charge is 0.495 e. The molecular formula is C20H24N4O6S. The predicted molar refractivity (Wildman–Crippen MR) is 117 cm³/mol. The van der Waals surface area contributed by atoms with E-state index in [1.165, 1.54) is 13.3 Å². The molecule has 0 atom stereocenters. The third kappa shape index (κ3) is 7.30. The van der Waals surface area contributed by atoms with Gasteiger partial charge in [0.2, 0.25) is 10.0 Å². The van der Waals surface area contributed by atoms with E-state index in [0.717, 1.165) is 16.1 Å². The number of ether oxygens (including phenoxy) is 2. The number of rotatable bonds is 10. The van der Waals surface area contributed by atoms with Crippen molar-refractivity contribution in [1.82, 2.24) is 5.43 Å². The van der Waals surface area contributed by atoms with Crippen molar-refractivity contribution in [3.63, 3.8) is 0 Å². The summed E-state index contributed by atoms with van der Waals surface area (Å²) in [6.07, 6.45) is 2.39. The lowest BCUT2D eigenvalue weighted by molar-refractivity contribution is -0.120. The minimum Gasteiger partial charge on any atom is -0.495 e. The molecular weight excluding hydrogens is 424 g/mol. The number of sulfonamides is 1. The fraction of sp³-hybridized carbons (Fsp3) is 0.250. The Hall–Kier alpha value is -3.60. The summed E-state index contributed by atoms with van der Waals surface area (Å²) in [5.41, 5.74) is 9.03. The molecule has 0 aromatic heterocycles. The standard InChI is InChI=1S/C20H24N4O6S/c1-14-4-9-18(29-2)17(10-14)24(31(3,27)28)12-20(26)23-22-11-15-5-7-16(8-6-15)30-13-19(21)25/h4-11H,12-13H2,1-3H3,(H2,21,25)(H,23,26)/b22-11-. The zero-order valence-corrected chi connectivity index (χ0v) is 18.2. The number of nitrogens with one attached hydrogen (secondary N) is 1. The van der Waals surface area contributed by atoms with Gasteiger partial charge in [0.15, 0.2) is 6.61 Å². The van der Waals surface area contributed by atoms with Gasteiger partial charge in [0.05, 0.1) is 25.3 Å². The summed E-state index contributed by atoms with van der Waals surface area (Å²) in [5, 5.41) is 3.84. The zero-order chi connectivity index (χ0) is 23.0. The van der Waals surface area contributed by atoms with Crippen LogP contribution in [0, 0.1) is 6.92 Å². The van der Waals surface area contributed by atoms with Crippen molar-refractivity contribution in [3.8, 4) is 11.5 Å². The Morgan fingerprint density at radius 1 is 1.19 bits per heavy atom. The Morgan fingerprint density at radius 2 is 1.87 bits per heavy atom. The van der Waals surface area contributed by atoms with Gasteiger partial charge in [0.1, 0.15) is 18.0 Å². The van der Waals surface area contributed by atoms with Gasteiger partial charge in [-0.1, -0.05) is 6.07 Å². The maximum Gasteiger partial charge on any atom is 0.260 e. The number of hydrogen-bond donors (Lipinski definition) is 2. The van der Waals surface area contributed by atoms with Crippen molar-refractivity contribution >= 4 is 33.7 Å². The van der Waals surface area contributed by atoms with Gasteiger partial charge in [-0.25, -0.2) is 13.8 Å². The molecule has 0 radical (unpaired) electrons. The third-order valence-corrected chi connectivity index (χ3v) is 5.08. The molecule has 0 aliphatic heterocycles. The van der Waals surface area contributed by atoms with E-state index in [-0.39, 0.29) is 12.3 Å². The second-order valence-electron chi connectivity index (χ2n) is 6.56. The first kappa shape index (κ1) is 23.7. The average Bonchev–Trinajstić information content (AvgIpc) is 2.70. The smallest absolute Gasteiger partial charge is 0.260 e. The summed E-state index contributed by atoms with van der Waals surface area (Å²) < 4.78 is 35.9. The van der Waals surface area contributed by atoms with Crippen LogP contribution in [0.2, 0.25) is 0 Å². The summed E-state index contributed by atoms with van der Waals surface area (Å²) in [5.74, 6) is -0.437. The fourth-order valence-corrected chi connectivity index (χ4v) is 3.38. The van der Waals surface area contributed by atoms with Crippen LogP contribution in [-0.4, -0.2) is 53.0 Å². The first-order valence-corrected chi connectivity index (χ1v) is 10.9. The minimum absolute atomic E-state index is 0.230. The molecule has 0 bridgehead atoms. The lowest BCUT2D eigenvalue weighted by atomic mass is 10.2. The molecule has 0 aliphatic rings. The molecule has 0 spiro atoms. The van der Waals surface area contributed by atoms with E-state index in [1.807, 2.05) is 0 Å². The van der Waals surface area contributed by atoms with E-state index in [1.54, 1.807) is 49.4 Å². The number of amides is 2. The fourth-order valence-electron chi connectivity index (χ4n) is 2.53. The molecule has 0 unspecified atom stereocenters. The number of carbonyl (C=O) groups is 2. The van der Waals surface area contributed by atoms with Crippen molar-refractivity contribution in [3.05, 3.63) is 53.6 Å². The molecule has 2 aromatic carbocycles. The van der Waals surface area contributed by atoms with E-state index >= 15 is 0 Å². The highest BCUT2D eigenvalue weighted by molar-refractivity contribution is 7.92. The maximum absolute atomic E-state index is 12.3. The predicted octanol–water partition coefficient (Wildman–Crippen LogP) is 0.784. The third-order valence-electron chi connectivity index (χ3n) is 3.95. The molecule has 166 valence electrons. The Morgan fingerprint density at radius 3 is 2.45 bits per heavy atom. The number of nitrogens with zero attached hydrogens (tertiary/aromatic N) is 2. The number of primary amides is 1. The maximum atomic E-state index is 12.3. The summed E-state index contributed by atoms with van der Waals surface area (Å²) >= 11 is 0. The van der Waals surface area contributed by atoms with Crippen LogP contribution in [0.5, 0.6) is 11.5 Å². The van der Waals surface area contributed by atoms with Crippen LogP contribution in [-0.2, 0) is 19.6 Å². The molecule has 0 saturated carbocycles. The number of hydrazone groups is 1. The second-order valence-corrected chi connectivity index (χ2v) is 8.47. The Kier molecular flexibility index (Phi) is 7.97. The molecule has 11 heteroatoms. The minimum atomic E-state index is -3.76. The van der Waals surface area contributed by atoms with E-state index in [4.69, 9.17) is 15.2 Å². The summed E-state index contributed by atoms with van der Waals surface area (Å²) in [6, 6.07) is 11.6. The molecule has 0 heterocycles. The lowest BCUT2D eigenvalue weighted by Gasteiger charge is -2.23. The monoisotopic (exact) mass is 448 g/mol. The topological polar surface area (TPSA) is 140 Å². The number of benzene rings is 2. The second kappa shape index (κ2) is 10.4. The summed E-state index contributed by atoms with van der Waals surface area (Å²) in [4.78, 5) is 23.0. The number of anilines is 1. The molecule has 3 N–H and O–H groups in total. The van der Waals surface area contributed by atoms with Gasteiger partial charge >= 0.3 is 0 Å². The number of nitrogens with two attached hydrogens (primary N) is 1. The zero-order valence-electron chi connectivity index (χ0n) is 17.4. The van der Waals surface area contributed by atoms with E-state index in [9.17, 15) is 18.0 Å². The summed E-state index contributed by atoms with van der Waals surface area (Å²) in [7, 11) is -2.34. The van der Waals surface area contributed by atoms with Crippen molar-refractivity contribution < 1.29 is 27.5 Å². The van der Waals surface area contributed by atoms with Gasteiger partial charge in [0, 0.05) is 0 Å². The molecule has 2 amide bonds. The highest BCUT2D eigenvalue weighted by atomic mass is 32.2. The first-order chi connectivity index (χ1) is 14.6. The van der Waals surface area contributed by atoms with E-state index in [2.05, 4.69) is 10.5 Å². The summed E-state index contributed by atoms with van der Waals surface area (Å²) in [6.45, 7) is 1.10. The SMILES string of the molecule is COc1ccc(C)cc1N(CC(=O)N/N=C\c1ccc(OCC(N)=O)cc1)S(C)(=O)=O. The van der Waals surface area contributed by atoms with Gasteiger partial charge in [-0.3, -0.25) is 13.9 Å². The number of hydrogen-bond acceptors (Lipinski definition) is 7. The highest BCUT2D eigenvalue weighted by Gasteiger charge is 2.24. The number of methoxy groups -OCH3 is 1. The molecule has 2 aromatic rings. The number of carbonyl (C=O) groups excluding carboxylic acids is 2. The van der Waals surface area contributed by atoms with Crippen LogP contribution >= 0.6 is 0 Å². The Labute approximate surface area is 180 Å². The van der Waals surface area contributed by atoms with Gasteiger partial charge < -0.3 is 15.2 Å². The molecule has 0 saturated heterocycles. The lowest BCUT2D eigenvalue weighted by Crippen LogP contribution is -2.39. The quantitative estimate of drug-likeness (QED) is 0.407. The molecule has 0 fully saturated rings. The van der Waals surface area contributed by atoms with Crippen molar-refractivity contribution in [1.29, 1.82) is 0 Å². The van der Waals surface area contributed by atoms with Crippen molar-refractivity contribution in [2.75, 3.05) is 30.8 Å². The average molecular weight is 449 g/mol. The van der Waals surface area contributed by atoms with Gasteiger partial charge in [0.25, 0.3) is 11.8 Å². The van der Waals surface area contributed by atoms with Crippen molar-refractivity contribution in [2.24, 2.45) is 10.8 Å². The van der Waals surface area contributed by atoms with Crippen LogP contribution in [0.1, 0.15) is 11.1 Å². The van der Waals surface area contributed by atoms with Gasteiger partial charge in [-0.2, -0.15) is 5.10 Å². The highest BCUT2D eigenvalue weighted by Crippen LogP contribution is 2.30. The Bertz CT molecular complexity index is 1070. The first-order valence-electron chi connectivity index (χ1n) is 9.05. The van der Waals surface area contributed by atoms with E-state index in [0.29, 0.717) is 17.1 Å². The van der Waals surface area contributed by atoms with Crippen LogP contribution in [0.3, 0.4) is 0 Å². The van der Waals surface area contributed by atoms with Crippen LogP contribution < -0.4 is 24.9 Å². The van der Waals surface area contributed by atoms with Crippen LogP contribution in [0.15, 0.2) is 47.6 Å². The van der Waals surface area contributed by atoms with E-state index < -0.39 is 28.4 Å². The number of aryl methyl sites for hydroxylation is 1. The van der Waals surface area contributed by atoms with Gasteiger partial charge in [-0.15, -0.1) is 0 Å². The molecule has 31 heavy (non-hydrogen) atoms. The molecule has 0 aliphatic carbocycles. The Balaban J connectivity index is 2.05. The van der Waals surface area contributed by atoms with Crippen LogP contribution in [0.25, 0.3) is 0 Å². The van der Waals surface area contributed by atoms with Crippen LogP contribution in [0.4, 0.5) is 5.69 Å². The van der Waals surface area contributed by atoms with Crippen molar-refractivity contribution in [2.45, 2.75) is 6.92 Å². The normalized spacial score (nSPS) is 11.2. The van der Waals surface area contributed by atoms with Gasteiger partial charge in [-0.05, 0) is 54.4 Å². The molecule has 10 nitrogen and oxygen atoms in total. The molecule has 2 rings (SSSR count).